The summed E-state index contributed by atoms with van der Waals surface area (Å²) in [4.78, 5) is 12.3. The zero-order chi connectivity index (χ0) is 12.4. The largest absolute Gasteiger partial charge is 0.465 e. The molecular formula is C11H18Cl2N2O2. The van der Waals surface area contributed by atoms with Gasteiger partial charge < -0.3 is 15.3 Å². The van der Waals surface area contributed by atoms with Crippen molar-refractivity contribution in [1.29, 1.82) is 0 Å². The van der Waals surface area contributed by atoms with Crippen molar-refractivity contribution >= 4 is 29.3 Å². The van der Waals surface area contributed by atoms with Crippen LogP contribution < -0.4 is 5.32 Å². The van der Waals surface area contributed by atoms with Gasteiger partial charge in [-0.25, -0.2) is 4.79 Å². The van der Waals surface area contributed by atoms with Gasteiger partial charge in [0.15, 0.2) is 0 Å². The lowest BCUT2D eigenvalue weighted by molar-refractivity contribution is 0.110. The molecule has 4 nitrogen and oxygen atoms in total. The molecular weight excluding hydrogens is 263 g/mol. The van der Waals surface area contributed by atoms with Crippen molar-refractivity contribution in [2.24, 2.45) is 11.8 Å². The number of halogens is 2. The van der Waals surface area contributed by atoms with Crippen molar-refractivity contribution in [3.05, 3.63) is 0 Å². The molecule has 6 heteroatoms. The molecule has 2 N–H and O–H groups in total. The van der Waals surface area contributed by atoms with Crippen LogP contribution in [0, 0.1) is 11.8 Å². The average Bonchev–Trinajstić information content (AvgIpc) is 2.29. The van der Waals surface area contributed by atoms with Gasteiger partial charge >= 0.3 is 6.09 Å². The van der Waals surface area contributed by atoms with Crippen LogP contribution in [0.2, 0.25) is 0 Å². The first-order valence-corrected chi connectivity index (χ1v) is 6.93. The standard InChI is InChI=1S/C11H18Cl2N2O2/c12-8-5-15(11(16)17)6-9(13)10(8)7-1-3-14-4-2-7/h7-10,14H,1-6H2,(H,16,17). The molecule has 2 saturated heterocycles. The molecule has 0 aromatic heterocycles. The highest BCUT2D eigenvalue weighted by Gasteiger charge is 2.41. The third-order valence-corrected chi connectivity index (χ3v) is 4.68. The fourth-order valence-electron chi connectivity index (χ4n) is 2.94. The molecule has 0 aromatic carbocycles. The molecule has 0 radical (unpaired) electrons. The maximum absolute atomic E-state index is 10.9. The highest BCUT2D eigenvalue weighted by atomic mass is 35.5. The Labute approximate surface area is 111 Å². The van der Waals surface area contributed by atoms with Gasteiger partial charge in [-0.2, -0.15) is 0 Å². The Balaban J connectivity index is 2.00. The Hall–Kier alpha value is -0.190. The van der Waals surface area contributed by atoms with Crippen LogP contribution in [0.25, 0.3) is 0 Å². The maximum Gasteiger partial charge on any atom is 0.407 e. The van der Waals surface area contributed by atoms with Gasteiger partial charge in [0, 0.05) is 13.1 Å². The van der Waals surface area contributed by atoms with Crippen LogP contribution in [0.3, 0.4) is 0 Å². The number of carboxylic acid groups (broad SMARTS) is 1. The van der Waals surface area contributed by atoms with Crippen molar-refractivity contribution in [2.75, 3.05) is 26.2 Å². The van der Waals surface area contributed by atoms with Gasteiger partial charge in [0.1, 0.15) is 0 Å². The molecule has 2 aliphatic heterocycles. The van der Waals surface area contributed by atoms with E-state index >= 15 is 0 Å². The molecule has 2 aliphatic rings. The second-order valence-corrected chi connectivity index (χ2v) is 6.01. The van der Waals surface area contributed by atoms with E-state index in [1.165, 1.54) is 4.90 Å². The minimum absolute atomic E-state index is 0.162. The first kappa shape index (κ1) is 13.2. The molecule has 0 aliphatic carbocycles. The van der Waals surface area contributed by atoms with Crippen molar-refractivity contribution in [1.82, 2.24) is 10.2 Å². The summed E-state index contributed by atoms with van der Waals surface area (Å²) in [6.45, 7) is 2.82. The number of nitrogens with one attached hydrogen (secondary N) is 1. The van der Waals surface area contributed by atoms with Crippen molar-refractivity contribution in [3.63, 3.8) is 0 Å². The lowest BCUT2D eigenvalue weighted by atomic mass is 9.78. The van der Waals surface area contributed by atoms with Crippen LogP contribution in [-0.2, 0) is 0 Å². The Morgan fingerprint density at radius 3 is 2.18 bits per heavy atom. The van der Waals surface area contributed by atoms with E-state index in [4.69, 9.17) is 28.3 Å². The lowest BCUT2D eigenvalue weighted by Crippen LogP contribution is -2.53. The highest BCUT2D eigenvalue weighted by molar-refractivity contribution is 6.24. The highest BCUT2D eigenvalue weighted by Crippen LogP contribution is 2.36. The van der Waals surface area contributed by atoms with Crippen molar-refractivity contribution in [3.8, 4) is 0 Å². The summed E-state index contributed by atoms with van der Waals surface area (Å²) < 4.78 is 0. The third kappa shape index (κ3) is 2.98. The number of piperidine rings is 2. The number of rotatable bonds is 1. The Morgan fingerprint density at radius 1 is 1.18 bits per heavy atom. The zero-order valence-electron chi connectivity index (χ0n) is 9.61. The van der Waals surface area contributed by atoms with E-state index in [0.29, 0.717) is 19.0 Å². The maximum atomic E-state index is 10.9. The normalized spacial score (nSPS) is 35.9. The predicted octanol–water partition coefficient (Wildman–Crippen LogP) is 1.81. The second kappa shape index (κ2) is 5.63. The Bertz CT molecular complexity index is 273. The first-order chi connectivity index (χ1) is 8.09. The van der Waals surface area contributed by atoms with Crippen molar-refractivity contribution < 1.29 is 9.90 Å². The smallest absolute Gasteiger partial charge is 0.407 e. The predicted molar refractivity (Wildman–Crippen MR) is 68.0 cm³/mol. The summed E-state index contributed by atoms with van der Waals surface area (Å²) in [5.74, 6) is 0.758. The molecule has 0 saturated carbocycles. The monoisotopic (exact) mass is 280 g/mol. The molecule has 0 aromatic rings. The topological polar surface area (TPSA) is 52.6 Å². The SMILES string of the molecule is O=C(O)N1CC(Cl)C(C2CCNCC2)C(Cl)C1. The van der Waals surface area contributed by atoms with Crippen LogP contribution in [0.5, 0.6) is 0 Å². The zero-order valence-corrected chi connectivity index (χ0v) is 11.1. The van der Waals surface area contributed by atoms with Crippen LogP contribution in [0.15, 0.2) is 0 Å². The Morgan fingerprint density at radius 2 is 1.71 bits per heavy atom. The van der Waals surface area contributed by atoms with E-state index in [9.17, 15) is 4.79 Å². The summed E-state index contributed by atoms with van der Waals surface area (Å²) in [6, 6.07) is 0. The fourth-order valence-corrected chi connectivity index (χ4v) is 4.11. The molecule has 2 rings (SSSR count). The molecule has 2 fully saturated rings. The summed E-state index contributed by atoms with van der Waals surface area (Å²) >= 11 is 12.7. The average molecular weight is 281 g/mol. The molecule has 2 atom stereocenters. The number of carbonyl (C=O) groups is 1. The Kier molecular flexibility index (Phi) is 4.39. The van der Waals surface area contributed by atoms with E-state index in [1.54, 1.807) is 0 Å². The molecule has 2 heterocycles. The van der Waals surface area contributed by atoms with Gasteiger partial charge in [0.25, 0.3) is 0 Å². The molecule has 0 bridgehead atoms. The van der Waals surface area contributed by atoms with E-state index in [-0.39, 0.29) is 16.7 Å². The van der Waals surface area contributed by atoms with Crippen LogP contribution >= 0.6 is 23.2 Å². The van der Waals surface area contributed by atoms with Gasteiger partial charge in [0.05, 0.1) is 10.8 Å². The number of hydrogen-bond donors (Lipinski definition) is 2. The van der Waals surface area contributed by atoms with Gasteiger partial charge in [-0.1, -0.05) is 0 Å². The van der Waals surface area contributed by atoms with Crippen LogP contribution in [0.1, 0.15) is 12.8 Å². The van der Waals surface area contributed by atoms with Gasteiger partial charge in [-0.05, 0) is 37.8 Å². The lowest BCUT2D eigenvalue weighted by Gasteiger charge is -2.42. The number of amides is 1. The molecule has 2 unspecified atom stereocenters. The number of nitrogens with zero attached hydrogens (tertiary/aromatic N) is 1. The second-order valence-electron chi connectivity index (χ2n) is 4.88. The first-order valence-electron chi connectivity index (χ1n) is 6.06. The van der Waals surface area contributed by atoms with Gasteiger partial charge in [0.2, 0.25) is 0 Å². The summed E-state index contributed by atoms with van der Waals surface area (Å²) in [5.41, 5.74) is 0. The molecule has 17 heavy (non-hydrogen) atoms. The van der Waals surface area contributed by atoms with Gasteiger partial charge in [-0.3, -0.25) is 0 Å². The number of hydrogen-bond acceptors (Lipinski definition) is 2. The minimum Gasteiger partial charge on any atom is -0.465 e. The fraction of sp³-hybridized carbons (Fsp3) is 0.909. The number of likely N-dealkylation sites (tertiary alicyclic amines) is 1. The minimum atomic E-state index is -0.926. The quantitative estimate of drug-likeness (QED) is 0.721. The van der Waals surface area contributed by atoms with Gasteiger partial charge in [-0.15, -0.1) is 23.2 Å². The van der Waals surface area contributed by atoms with E-state index in [1.807, 2.05) is 0 Å². The number of alkyl halides is 2. The van der Waals surface area contributed by atoms with E-state index < -0.39 is 6.09 Å². The van der Waals surface area contributed by atoms with Crippen LogP contribution in [0.4, 0.5) is 4.79 Å². The van der Waals surface area contributed by atoms with Crippen molar-refractivity contribution in [2.45, 2.75) is 23.6 Å². The molecule has 1 amide bonds. The van der Waals surface area contributed by atoms with E-state index in [2.05, 4.69) is 5.32 Å². The van der Waals surface area contributed by atoms with E-state index in [0.717, 1.165) is 25.9 Å². The molecule has 0 spiro atoms. The molecule has 98 valence electrons. The van der Waals surface area contributed by atoms with Crippen LogP contribution in [-0.4, -0.2) is 53.0 Å². The third-order valence-electron chi connectivity index (χ3n) is 3.82. The summed E-state index contributed by atoms with van der Waals surface area (Å²) in [6.07, 6.45) is 1.25. The summed E-state index contributed by atoms with van der Waals surface area (Å²) in [5, 5.41) is 12.0. The summed E-state index contributed by atoms with van der Waals surface area (Å²) in [7, 11) is 0.